The van der Waals surface area contributed by atoms with Gasteiger partial charge in [-0.25, -0.2) is 0 Å². The van der Waals surface area contributed by atoms with Gasteiger partial charge in [-0.3, -0.25) is 9.69 Å². The summed E-state index contributed by atoms with van der Waals surface area (Å²) in [5, 5.41) is 0. The number of hydrogen-bond donors (Lipinski definition) is 1. The summed E-state index contributed by atoms with van der Waals surface area (Å²) >= 11 is 0. The molecule has 138 valence electrons. The average molecular weight is 370 g/mol. The summed E-state index contributed by atoms with van der Waals surface area (Å²) in [6.45, 7) is 6.45. The highest BCUT2D eigenvalue weighted by atomic mass is 35.5. The van der Waals surface area contributed by atoms with E-state index in [1.54, 1.807) is 7.11 Å². The number of amides is 1. The SMILES string of the molecule is CCC1CN(C(=O)C2(N)CCCCC2)CCN1CCOC.Cl.Cl. The zero-order valence-corrected chi connectivity index (χ0v) is 16.1. The highest BCUT2D eigenvalue weighted by molar-refractivity contribution is 5.86. The lowest BCUT2D eigenvalue weighted by atomic mass is 9.81. The van der Waals surface area contributed by atoms with E-state index in [-0.39, 0.29) is 30.7 Å². The van der Waals surface area contributed by atoms with E-state index in [1.165, 1.54) is 6.42 Å². The lowest BCUT2D eigenvalue weighted by Gasteiger charge is -2.44. The number of methoxy groups -OCH3 is 1. The second kappa shape index (κ2) is 10.7. The van der Waals surface area contributed by atoms with Crippen LogP contribution in [0.2, 0.25) is 0 Å². The molecule has 2 rings (SSSR count). The molecule has 0 radical (unpaired) electrons. The number of nitrogens with zero attached hydrogens (tertiary/aromatic N) is 2. The molecule has 1 saturated carbocycles. The number of ether oxygens (including phenoxy) is 1. The van der Waals surface area contributed by atoms with Gasteiger partial charge in [0.25, 0.3) is 0 Å². The molecule has 1 amide bonds. The Labute approximate surface area is 153 Å². The molecule has 23 heavy (non-hydrogen) atoms. The van der Waals surface area contributed by atoms with E-state index in [0.29, 0.717) is 6.04 Å². The maximum atomic E-state index is 12.8. The first-order valence-corrected chi connectivity index (χ1v) is 8.42. The molecular formula is C16H33Cl2N3O2. The fourth-order valence-corrected chi connectivity index (χ4v) is 3.68. The molecule has 0 bridgehead atoms. The van der Waals surface area contributed by atoms with E-state index >= 15 is 0 Å². The quantitative estimate of drug-likeness (QED) is 0.805. The van der Waals surface area contributed by atoms with Gasteiger partial charge in [0.05, 0.1) is 12.1 Å². The summed E-state index contributed by atoms with van der Waals surface area (Å²) in [6, 6.07) is 0.435. The van der Waals surface area contributed by atoms with Crippen molar-refractivity contribution in [2.24, 2.45) is 5.73 Å². The van der Waals surface area contributed by atoms with Gasteiger partial charge in [-0.15, -0.1) is 24.8 Å². The van der Waals surface area contributed by atoms with Crippen molar-refractivity contribution in [3.05, 3.63) is 0 Å². The predicted molar refractivity (Wildman–Crippen MR) is 98.6 cm³/mol. The van der Waals surface area contributed by atoms with Crippen LogP contribution < -0.4 is 5.73 Å². The van der Waals surface area contributed by atoms with Crippen LogP contribution in [0.4, 0.5) is 0 Å². The van der Waals surface area contributed by atoms with Crippen LogP contribution in [-0.4, -0.2) is 67.2 Å². The minimum absolute atomic E-state index is 0. The minimum Gasteiger partial charge on any atom is -0.383 e. The van der Waals surface area contributed by atoms with Crippen molar-refractivity contribution in [2.75, 3.05) is 39.9 Å². The zero-order valence-electron chi connectivity index (χ0n) is 14.5. The van der Waals surface area contributed by atoms with Crippen LogP contribution in [0.15, 0.2) is 0 Å². The van der Waals surface area contributed by atoms with Gasteiger partial charge >= 0.3 is 0 Å². The summed E-state index contributed by atoms with van der Waals surface area (Å²) in [5.74, 6) is 0.187. The van der Waals surface area contributed by atoms with Gasteiger partial charge in [-0.05, 0) is 19.3 Å². The van der Waals surface area contributed by atoms with Crippen molar-refractivity contribution < 1.29 is 9.53 Å². The standard InChI is InChI=1S/C16H31N3O2.2ClH/c1-3-14-13-19(10-9-18(14)11-12-21-2)15(20)16(17)7-5-4-6-8-16;;/h14H,3-13,17H2,1-2H3;2*1H. The van der Waals surface area contributed by atoms with Crippen LogP contribution in [0.25, 0.3) is 0 Å². The van der Waals surface area contributed by atoms with E-state index in [2.05, 4.69) is 11.8 Å². The second-order valence-corrected chi connectivity index (χ2v) is 6.56. The van der Waals surface area contributed by atoms with E-state index in [9.17, 15) is 4.79 Å². The Balaban J connectivity index is 0.00000242. The van der Waals surface area contributed by atoms with E-state index in [1.807, 2.05) is 4.90 Å². The molecule has 2 aliphatic rings. The molecule has 1 unspecified atom stereocenters. The Bertz CT molecular complexity index is 352. The van der Waals surface area contributed by atoms with Gasteiger partial charge in [0.15, 0.2) is 0 Å². The van der Waals surface area contributed by atoms with Crippen LogP contribution in [0, 0.1) is 0 Å². The number of nitrogens with two attached hydrogens (primary N) is 1. The molecule has 2 N–H and O–H groups in total. The number of halogens is 2. The highest BCUT2D eigenvalue weighted by Gasteiger charge is 2.40. The molecular weight excluding hydrogens is 337 g/mol. The average Bonchev–Trinajstić information content (AvgIpc) is 2.52. The predicted octanol–water partition coefficient (Wildman–Crippen LogP) is 2.06. The van der Waals surface area contributed by atoms with Crippen LogP contribution in [0.1, 0.15) is 45.4 Å². The Morgan fingerprint density at radius 1 is 1.22 bits per heavy atom. The lowest BCUT2D eigenvalue weighted by molar-refractivity contribution is -0.141. The van der Waals surface area contributed by atoms with E-state index < -0.39 is 5.54 Å². The topological polar surface area (TPSA) is 58.8 Å². The fraction of sp³-hybridized carbons (Fsp3) is 0.938. The van der Waals surface area contributed by atoms with Crippen molar-refractivity contribution in [1.82, 2.24) is 9.80 Å². The number of hydrogen-bond acceptors (Lipinski definition) is 4. The highest BCUT2D eigenvalue weighted by Crippen LogP contribution is 2.28. The summed E-state index contributed by atoms with van der Waals surface area (Å²) in [6.07, 6.45) is 6.17. The van der Waals surface area contributed by atoms with Crippen molar-refractivity contribution in [3.63, 3.8) is 0 Å². The van der Waals surface area contributed by atoms with Gasteiger partial charge in [-0.2, -0.15) is 0 Å². The first kappa shape index (κ1) is 22.9. The van der Waals surface area contributed by atoms with Gasteiger partial charge in [0, 0.05) is 39.3 Å². The molecule has 7 heteroatoms. The van der Waals surface area contributed by atoms with Gasteiger partial charge in [-0.1, -0.05) is 26.2 Å². The van der Waals surface area contributed by atoms with Crippen LogP contribution in [0.5, 0.6) is 0 Å². The second-order valence-electron chi connectivity index (χ2n) is 6.56. The molecule has 0 aromatic heterocycles. The third-order valence-corrected chi connectivity index (χ3v) is 5.12. The summed E-state index contributed by atoms with van der Waals surface area (Å²) in [5.41, 5.74) is 5.82. The molecule has 1 atom stereocenters. The van der Waals surface area contributed by atoms with Crippen molar-refractivity contribution in [2.45, 2.75) is 57.0 Å². The van der Waals surface area contributed by atoms with Crippen molar-refractivity contribution >= 4 is 30.7 Å². The summed E-state index contributed by atoms with van der Waals surface area (Å²) in [7, 11) is 1.74. The third-order valence-electron chi connectivity index (χ3n) is 5.12. The Morgan fingerprint density at radius 2 is 1.87 bits per heavy atom. The third kappa shape index (κ3) is 5.75. The number of carbonyl (C=O) groups excluding carboxylic acids is 1. The summed E-state index contributed by atoms with van der Waals surface area (Å²) < 4.78 is 5.18. The summed E-state index contributed by atoms with van der Waals surface area (Å²) in [4.78, 5) is 17.3. The van der Waals surface area contributed by atoms with Crippen LogP contribution in [0.3, 0.4) is 0 Å². The molecule has 0 spiro atoms. The zero-order chi connectivity index (χ0) is 15.3. The van der Waals surface area contributed by atoms with Crippen LogP contribution in [-0.2, 0) is 9.53 Å². The Kier molecular flexibility index (Phi) is 10.7. The largest absolute Gasteiger partial charge is 0.383 e. The van der Waals surface area contributed by atoms with E-state index in [4.69, 9.17) is 10.5 Å². The molecule has 5 nitrogen and oxygen atoms in total. The molecule has 0 aromatic rings. The molecule has 0 aromatic carbocycles. The first-order chi connectivity index (χ1) is 10.1. The molecule has 1 heterocycles. The molecule has 1 aliphatic heterocycles. The van der Waals surface area contributed by atoms with Gasteiger partial charge < -0.3 is 15.4 Å². The van der Waals surface area contributed by atoms with Crippen molar-refractivity contribution in [1.29, 1.82) is 0 Å². The van der Waals surface area contributed by atoms with Crippen LogP contribution >= 0.6 is 24.8 Å². The normalized spacial score (nSPS) is 24.5. The Hall–Kier alpha value is -0.0700. The lowest BCUT2D eigenvalue weighted by Crippen LogP contribution is -2.62. The van der Waals surface area contributed by atoms with Crippen molar-refractivity contribution in [3.8, 4) is 0 Å². The maximum absolute atomic E-state index is 12.8. The first-order valence-electron chi connectivity index (χ1n) is 8.42. The monoisotopic (exact) mass is 369 g/mol. The molecule has 2 fully saturated rings. The number of rotatable bonds is 5. The number of carbonyl (C=O) groups is 1. The minimum atomic E-state index is -0.592. The number of piperazine rings is 1. The van der Waals surface area contributed by atoms with E-state index in [0.717, 1.165) is 64.9 Å². The van der Waals surface area contributed by atoms with Gasteiger partial charge in [0.2, 0.25) is 5.91 Å². The van der Waals surface area contributed by atoms with Gasteiger partial charge in [0.1, 0.15) is 0 Å². The Morgan fingerprint density at radius 3 is 2.43 bits per heavy atom. The molecule has 1 aliphatic carbocycles. The molecule has 1 saturated heterocycles. The maximum Gasteiger partial charge on any atom is 0.242 e. The fourth-order valence-electron chi connectivity index (χ4n) is 3.68. The smallest absolute Gasteiger partial charge is 0.242 e.